The number of amides is 3. The molecule has 1 heterocycles. The fourth-order valence-corrected chi connectivity index (χ4v) is 3.15. The molecule has 32 heavy (non-hydrogen) atoms. The van der Waals surface area contributed by atoms with E-state index in [0.717, 1.165) is 11.1 Å². The van der Waals surface area contributed by atoms with E-state index in [0.29, 0.717) is 17.9 Å². The first-order chi connectivity index (χ1) is 15.5. The van der Waals surface area contributed by atoms with Gasteiger partial charge in [-0.3, -0.25) is 9.78 Å². The fraction of sp³-hybridized carbons (Fsp3) is 0.208. The van der Waals surface area contributed by atoms with Crippen LogP contribution < -0.4 is 15.8 Å². The molecule has 166 valence electrons. The summed E-state index contributed by atoms with van der Waals surface area (Å²) in [6, 6.07) is 19.5. The second-order valence-electron chi connectivity index (χ2n) is 7.23. The Labute approximate surface area is 186 Å². The van der Waals surface area contributed by atoms with Gasteiger partial charge in [0.2, 0.25) is 0 Å². The number of urea groups is 1. The molecule has 0 radical (unpaired) electrons. The molecule has 0 spiro atoms. The summed E-state index contributed by atoms with van der Waals surface area (Å²) in [5, 5.41) is 13.6. The minimum absolute atomic E-state index is 0.0900. The lowest BCUT2D eigenvalue weighted by Gasteiger charge is -2.26. The van der Waals surface area contributed by atoms with E-state index in [1.807, 2.05) is 30.3 Å². The van der Waals surface area contributed by atoms with Crippen molar-refractivity contribution in [1.82, 2.24) is 15.2 Å². The van der Waals surface area contributed by atoms with Gasteiger partial charge in [0.15, 0.2) is 0 Å². The average molecular weight is 434 g/mol. The van der Waals surface area contributed by atoms with Gasteiger partial charge in [-0.25, -0.2) is 4.79 Å². The number of benzene rings is 2. The number of carbonyl (C=O) groups is 2. The number of nitrogens with zero attached hydrogens (tertiary/aromatic N) is 2. The number of hydrogen-bond acceptors (Lipinski definition) is 5. The predicted octanol–water partition coefficient (Wildman–Crippen LogP) is 2.63. The zero-order valence-electron chi connectivity index (χ0n) is 17.8. The summed E-state index contributed by atoms with van der Waals surface area (Å²) in [5.74, 6) is 0.0219. The van der Waals surface area contributed by atoms with E-state index >= 15 is 0 Å². The molecular formula is C24H26N4O4. The number of carbonyl (C=O) groups excluding carboxylic acids is 2. The van der Waals surface area contributed by atoms with Gasteiger partial charge in [0.1, 0.15) is 11.4 Å². The second-order valence-corrected chi connectivity index (χ2v) is 7.23. The van der Waals surface area contributed by atoms with Crippen molar-refractivity contribution in [3.63, 3.8) is 0 Å². The number of aromatic nitrogens is 1. The highest BCUT2D eigenvalue weighted by Gasteiger charge is 2.19. The van der Waals surface area contributed by atoms with Gasteiger partial charge in [-0.1, -0.05) is 48.5 Å². The first-order valence-corrected chi connectivity index (χ1v) is 10.1. The monoisotopic (exact) mass is 434 g/mol. The molecule has 0 bridgehead atoms. The van der Waals surface area contributed by atoms with Crippen molar-refractivity contribution in [2.24, 2.45) is 5.73 Å². The molecule has 3 aromatic rings. The number of nitrogens with one attached hydrogen (secondary N) is 1. The van der Waals surface area contributed by atoms with E-state index in [1.165, 1.54) is 12.3 Å². The molecule has 1 aromatic heterocycles. The predicted molar refractivity (Wildman–Crippen MR) is 120 cm³/mol. The fourth-order valence-electron chi connectivity index (χ4n) is 3.15. The Hall–Kier alpha value is -3.91. The molecule has 0 aliphatic heterocycles. The lowest BCUT2D eigenvalue weighted by molar-refractivity contribution is 0.0995. The van der Waals surface area contributed by atoms with Gasteiger partial charge in [0, 0.05) is 19.3 Å². The van der Waals surface area contributed by atoms with E-state index in [2.05, 4.69) is 10.3 Å². The Kier molecular flexibility index (Phi) is 7.77. The maximum absolute atomic E-state index is 13.0. The van der Waals surface area contributed by atoms with Crippen LogP contribution in [0, 0.1) is 0 Å². The van der Waals surface area contributed by atoms with Crippen LogP contribution >= 0.6 is 0 Å². The third kappa shape index (κ3) is 6.29. The highest BCUT2D eigenvalue weighted by Crippen LogP contribution is 2.21. The molecule has 1 unspecified atom stereocenters. The molecule has 0 saturated carbocycles. The van der Waals surface area contributed by atoms with Crippen LogP contribution in [0.5, 0.6) is 5.75 Å². The number of aliphatic hydroxyl groups excluding tert-OH is 1. The second kappa shape index (κ2) is 10.9. The van der Waals surface area contributed by atoms with Crippen molar-refractivity contribution >= 4 is 11.9 Å². The van der Waals surface area contributed by atoms with Crippen molar-refractivity contribution in [3.8, 4) is 5.75 Å². The summed E-state index contributed by atoms with van der Waals surface area (Å²) in [5.41, 5.74) is 7.67. The molecule has 3 rings (SSSR count). The Morgan fingerprint density at radius 2 is 1.88 bits per heavy atom. The van der Waals surface area contributed by atoms with Gasteiger partial charge < -0.3 is 25.8 Å². The highest BCUT2D eigenvalue weighted by molar-refractivity contribution is 5.90. The first-order valence-electron chi connectivity index (χ1n) is 10.1. The number of rotatable bonds is 9. The number of nitrogens with two attached hydrogens (primary N) is 1. The summed E-state index contributed by atoms with van der Waals surface area (Å²) < 4.78 is 5.22. The molecule has 3 amide bonds. The lowest BCUT2D eigenvalue weighted by atomic mass is 10.1. The van der Waals surface area contributed by atoms with Crippen LogP contribution in [0.25, 0.3) is 0 Å². The zero-order chi connectivity index (χ0) is 22.9. The van der Waals surface area contributed by atoms with E-state index in [1.54, 1.807) is 42.3 Å². The van der Waals surface area contributed by atoms with E-state index in [4.69, 9.17) is 10.5 Å². The van der Waals surface area contributed by atoms with Gasteiger partial charge in [0.25, 0.3) is 5.91 Å². The van der Waals surface area contributed by atoms with Gasteiger partial charge >= 0.3 is 6.03 Å². The van der Waals surface area contributed by atoms with Crippen LogP contribution in [0.1, 0.15) is 33.3 Å². The Morgan fingerprint density at radius 3 is 2.53 bits per heavy atom. The van der Waals surface area contributed by atoms with Crippen molar-refractivity contribution in [2.75, 3.05) is 13.7 Å². The number of primary amides is 1. The van der Waals surface area contributed by atoms with Crippen LogP contribution in [0.3, 0.4) is 0 Å². The van der Waals surface area contributed by atoms with Crippen molar-refractivity contribution in [2.45, 2.75) is 19.2 Å². The summed E-state index contributed by atoms with van der Waals surface area (Å²) in [6.07, 6.45) is 0.601. The van der Waals surface area contributed by atoms with Crippen molar-refractivity contribution in [3.05, 3.63) is 95.3 Å². The Bertz CT molecular complexity index is 1040. The summed E-state index contributed by atoms with van der Waals surface area (Å²) in [4.78, 5) is 29.7. The largest absolute Gasteiger partial charge is 0.497 e. The van der Waals surface area contributed by atoms with Crippen LogP contribution in [0.4, 0.5) is 4.79 Å². The molecule has 0 fully saturated rings. The molecular weight excluding hydrogens is 408 g/mol. The standard InChI is InChI=1S/C24H26N4O4/c1-32-20-9-5-8-19(12-20)22(29)16-28(15-17-6-3-2-4-7-17)24(31)27-14-18-10-11-21(23(25)30)26-13-18/h2-13,22,29H,14-16H2,1H3,(H2,25,30)(H,27,31). The van der Waals surface area contributed by atoms with Gasteiger partial charge in [-0.15, -0.1) is 0 Å². The quantitative estimate of drug-likeness (QED) is 0.479. The Balaban J connectivity index is 1.70. The summed E-state index contributed by atoms with van der Waals surface area (Å²) in [7, 11) is 1.56. The number of methoxy groups -OCH3 is 1. The number of pyridine rings is 1. The maximum atomic E-state index is 13.0. The maximum Gasteiger partial charge on any atom is 0.318 e. The van der Waals surface area contributed by atoms with Gasteiger partial charge in [0.05, 0.1) is 19.8 Å². The van der Waals surface area contributed by atoms with E-state index in [9.17, 15) is 14.7 Å². The van der Waals surface area contributed by atoms with Gasteiger partial charge in [-0.2, -0.15) is 0 Å². The van der Waals surface area contributed by atoms with E-state index < -0.39 is 12.0 Å². The number of aliphatic hydroxyl groups is 1. The first kappa shape index (κ1) is 22.8. The third-order valence-corrected chi connectivity index (χ3v) is 4.90. The van der Waals surface area contributed by atoms with Crippen molar-refractivity contribution < 1.29 is 19.4 Å². The smallest absolute Gasteiger partial charge is 0.318 e. The van der Waals surface area contributed by atoms with Gasteiger partial charge in [-0.05, 0) is 34.9 Å². The molecule has 4 N–H and O–H groups in total. The van der Waals surface area contributed by atoms with Crippen LogP contribution in [0.15, 0.2) is 72.9 Å². The zero-order valence-corrected chi connectivity index (χ0v) is 17.8. The minimum atomic E-state index is -0.893. The summed E-state index contributed by atoms with van der Waals surface area (Å²) in [6.45, 7) is 0.630. The average Bonchev–Trinajstić information content (AvgIpc) is 2.83. The summed E-state index contributed by atoms with van der Waals surface area (Å²) >= 11 is 0. The third-order valence-electron chi connectivity index (χ3n) is 4.90. The number of hydrogen-bond donors (Lipinski definition) is 3. The van der Waals surface area contributed by atoms with E-state index in [-0.39, 0.29) is 24.8 Å². The van der Waals surface area contributed by atoms with Crippen LogP contribution in [-0.2, 0) is 13.1 Å². The Morgan fingerprint density at radius 1 is 1.09 bits per heavy atom. The molecule has 1 atom stereocenters. The normalized spacial score (nSPS) is 11.4. The minimum Gasteiger partial charge on any atom is -0.497 e. The van der Waals surface area contributed by atoms with Crippen LogP contribution in [0.2, 0.25) is 0 Å². The molecule has 8 nitrogen and oxygen atoms in total. The molecule has 0 aliphatic rings. The molecule has 2 aromatic carbocycles. The lowest BCUT2D eigenvalue weighted by Crippen LogP contribution is -2.41. The van der Waals surface area contributed by atoms with Crippen molar-refractivity contribution in [1.29, 1.82) is 0 Å². The SMILES string of the molecule is COc1cccc(C(O)CN(Cc2ccccc2)C(=O)NCc2ccc(C(N)=O)nc2)c1. The topological polar surface area (TPSA) is 118 Å². The van der Waals surface area contributed by atoms with Crippen LogP contribution in [-0.4, -0.2) is 40.6 Å². The molecule has 0 aliphatic carbocycles. The molecule has 8 heteroatoms. The number of ether oxygens (including phenoxy) is 1. The molecule has 0 saturated heterocycles. The highest BCUT2D eigenvalue weighted by atomic mass is 16.5.